The van der Waals surface area contributed by atoms with Gasteiger partial charge in [-0.05, 0) is 48.1 Å². The number of hydrogen-bond acceptors (Lipinski definition) is 3. The van der Waals surface area contributed by atoms with Crippen molar-refractivity contribution < 1.29 is 9.53 Å². The number of nitrogens with zero attached hydrogens (tertiary/aromatic N) is 2. The van der Waals surface area contributed by atoms with Gasteiger partial charge in [-0.15, -0.1) is 0 Å². The van der Waals surface area contributed by atoms with Gasteiger partial charge in [-0.3, -0.25) is 9.69 Å². The quantitative estimate of drug-likeness (QED) is 0.818. The lowest BCUT2D eigenvalue weighted by atomic mass is 9.84. The lowest BCUT2D eigenvalue weighted by Crippen LogP contribution is -2.39. The van der Waals surface area contributed by atoms with Gasteiger partial charge >= 0.3 is 0 Å². The maximum atomic E-state index is 12.7. The Bertz CT molecular complexity index is 875. The van der Waals surface area contributed by atoms with Crippen molar-refractivity contribution in [2.24, 2.45) is 5.92 Å². The molecule has 4 nitrogen and oxygen atoms in total. The van der Waals surface area contributed by atoms with Crippen LogP contribution < -0.4 is 4.74 Å². The van der Waals surface area contributed by atoms with E-state index in [2.05, 4.69) is 47.4 Å². The first kappa shape index (κ1) is 17.7. The lowest BCUT2D eigenvalue weighted by molar-refractivity contribution is -0.138. The Balaban J connectivity index is 1.30. The minimum absolute atomic E-state index is 0.248. The van der Waals surface area contributed by atoms with Gasteiger partial charge in [0.2, 0.25) is 5.91 Å². The van der Waals surface area contributed by atoms with Crippen molar-refractivity contribution in [3.05, 3.63) is 64.7 Å². The molecule has 3 aliphatic rings. The molecule has 5 rings (SSSR count). The molecule has 0 radical (unpaired) electrons. The Morgan fingerprint density at radius 1 is 1.00 bits per heavy atom. The highest BCUT2D eigenvalue weighted by Crippen LogP contribution is 2.31. The molecule has 0 unspecified atom stereocenters. The molecule has 1 fully saturated rings. The van der Waals surface area contributed by atoms with Crippen molar-refractivity contribution >= 4 is 5.91 Å². The summed E-state index contributed by atoms with van der Waals surface area (Å²) >= 11 is 0. The normalized spacial score (nSPS) is 19.8. The molecule has 2 heterocycles. The zero-order valence-corrected chi connectivity index (χ0v) is 16.4. The van der Waals surface area contributed by atoms with Crippen LogP contribution in [0.4, 0.5) is 0 Å². The van der Waals surface area contributed by atoms with Gasteiger partial charge in [-0.25, -0.2) is 0 Å². The molecule has 146 valence electrons. The molecule has 0 atom stereocenters. The number of ether oxygens (including phenoxy) is 1. The number of benzene rings is 2. The summed E-state index contributed by atoms with van der Waals surface area (Å²) in [6.45, 7) is 5.02. The number of carbonyl (C=O) groups excluding carboxylic acids is 1. The van der Waals surface area contributed by atoms with E-state index in [4.69, 9.17) is 4.74 Å². The average molecular weight is 377 g/mol. The van der Waals surface area contributed by atoms with Crippen LogP contribution in [-0.4, -0.2) is 35.4 Å². The van der Waals surface area contributed by atoms with Crippen LogP contribution in [0.15, 0.2) is 42.5 Å². The fourth-order valence-electron chi connectivity index (χ4n) is 4.59. The number of rotatable bonds is 3. The minimum Gasteiger partial charge on any atom is -0.491 e. The number of amides is 1. The first-order valence-corrected chi connectivity index (χ1v) is 10.6. The van der Waals surface area contributed by atoms with Crippen LogP contribution in [0, 0.1) is 5.92 Å². The van der Waals surface area contributed by atoms with Gasteiger partial charge in [-0.1, -0.05) is 36.8 Å². The summed E-state index contributed by atoms with van der Waals surface area (Å²) in [7, 11) is 0. The molecule has 4 heteroatoms. The van der Waals surface area contributed by atoms with E-state index in [1.807, 2.05) is 4.90 Å². The fourth-order valence-corrected chi connectivity index (χ4v) is 4.59. The monoisotopic (exact) mass is 376 g/mol. The SMILES string of the molecule is O=C(C1CCC1)N1CCOc2ccc(CN3CCc4ccccc4C3)cc2C1. The molecule has 0 saturated heterocycles. The van der Waals surface area contributed by atoms with Gasteiger partial charge in [0, 0.05) is 37.7 Å². The van der Waals surface area contributed by atoms with Crippen LogP contribution >= 0.6 is 0 Å². The summed E-state index contributed by atoms with van der Waals surface area (Å²) in [5, 5.41) is 0. The number of hydrogen-bond donors (Lipinski definition) is 0. The molecule has 2 aromatic carbocycles. The van der Waals surface area contributed by atoms with Crippen molar-refractivity contribution in [1.29, 1.82) is 0 Å². The van der Waals surface area contributed by atoms with Crippen LogP contribution in [0.2, 0.25) is 0 Å². The third kappa shape index (κ3) is 3.53. The van der Waals surface area contributed by atoms with Crippen molar-refractivity contribution in [2.45, 2.75) is 45.3 Å². The summed E-state index contributed by atoms with van der Waals surface area (Å²) < 4.78 is 5.94. The first-order chi connectivity index (χ1) is 13.8. The lowest BCUT2D eigenvalue weighted by Gasteiger charge is -2.31. The van der Waals surface area contributed by atoms with Crippen molar-refractivity contribution in [3.8, 4) is 5.75 Å². The second kappa shape index (κ2) is 7.59. The Hall–Kier alpha value is -2.33. The van der Waals surface area contributed by atoms with Gasteiger partial charge in [-0.2, -0.15) is 0 Å². The highest BCUT2D eigenvalue weighted by Gasteiger charge is 2.30. The van der Waals surface area contributed by atoms with Gasteiger partial charge in [0.05, 0.1) is 6.54 Å². The van der Waals surface area contributed by atoms with Crippen molar-refractivity contribution in [3.63, 3.8) is 0 Å². The third-order valence-electron chi connectivity index (χ3n) is 6.49. The summed E-state index contributed by atoms with van der Waals surface area (Å²) in [6, 6.07) is 15.3. The van der Waals surface area contributed by atoms with E-state index in [1.165, 1.54) is 23.1 Å². The molecular weight excluding hydrogens is 348 g/mol. The predicted molar refractivity (Wildman–Crippen MR) is 109 cm³/mol. The second-order valence-corrected chi connectivity index (χ2v) is 8.41. The Labute approximate surface area is 167 Å². The van der Waals surface area contributed by atoms with Crippen molar-refractivity contribution in [2.75, 3.05) is 19.7 Å². The second-order valence-electron chi connectivity index (χ2n) is 8.41. The van der Waals surface area contributed by atoms with E-state index >= 15 is 0 Å². The number of fused-ring (bicyclic) bond motifs is 2. The Morgan fingerprint density at radius 3 is 2.68 bits per heavy atom. The van der Waals surface area contributed by atoms with E-state index < -0.39 is 0 Å². The topological polar surface area (TPSA) is 32.8 Å². The molecule has 0 bridgehead atoms. The molecule has 0 spiro atoms. The van der Waals surface area contributed by atoms with Crippen LogP contribution in [0.5, 0.6) is 5.75 Å². The van der Waals surface area contributed by atoms with Crippen LogP contribution in [0.1, 0.15) is 41.5 Å². The highest BCUT2D eigenvalue weighted by molar-refractivity contribution is 5.79. The number of carbonyl (C=O) groups is 1. The first-order valence-electron chi connectivity index (χ1n) is 10.6. The summed E-state index contributed by atoms with van der Waals surface area (Å²) in [5.74, 6) is 1.51. The van der Waals surface area contributed by atoms with Gasteiger partial charge in [0.25, 0.3) is 0 Å². The van der Waals surface area contributed by atoms with Gasteiger partial charge in [0.1, 0.15) is 12.4 Å². The van der Waals surface area contributed by atoms with E-state index in [1.54, 1.807) is 0 Å². The molecule has 0 N–H and O–H groups in total. The van der Waals surface area contributed by atoms with Crippen molar-refractivity contribution in [1.82, 2.24) is 9.80 Å². The minimum atomic E-state index is 0.248. The van der Waals surface area contributed by atoms with E-state index in [0.29, 0.717) is 25.6 Å². The van der Waals surface area contributed by atoms with E-state index in [9.17, 15) is 4.79 Å². The molecule has 2 aromatic rings. The van der Waals surface area contributed by atoms with Crippen LogP contribution in [0.3, 0.4) is 0 Å². The molecule has 0 aromatic heterocycles. The molecule has 28 heavy (non-hydrogen) atoms. The zero-order valence-electron chi connectivity index (χ0n) is 16.4. The summed E-state index contributed by atoms with van der Waals surface area (Å²) in [5.41, 5.74) is 5.39. The molecule has 2 aliphatic heterocycles. The molecule has 1 amide bonds. The fraction of sp³-hybridized carbons (Fsp3) is 0.458. The highest BCUT2D eigenvalue weighted by atomic mass is 16.5. The van der Waals surface area contributed by atoms with E-state index in [-0.39, 0.29) is 5.92 Å². The van der Waals surface area contributed by atoms with Crippen LogP contribution in [-0.2, 0) is 30.8 Å². The summed E-state index contributed by atoms with van der Waals surface area (Å²) in [4.78, 5) is 17.2. The van der Waals surface area contributed by atoms with Gasteiger partial charge in [0.15, 0.2) is 0 Å². The average Bonchev–Trinajstić information content (AvgIpc) is 2.88. The zero-order chi connectivity index (χ0) is 18.9. The Kier molecular flexibility index (Phi) is 4.81. The largest absolute Gasteiger partial charge is 0.491 e. The smallest absolute Gasteiger partial charge is 0.226 e. The molecular formula is C24H28N2O2. The Morgan fingerprint density at radius 2 is 1.86 bits per heavy atom. The molecule has 1 aliphatic carbocycles. The standard InChI is InChI=1S/C24H28N2O2/c27-24(20-6-3-7-20)26-12-13-28-23-9-8-18(14-22(23)17-26)15-25-11-10-19-4-1-2-5-21(19)16-25/h1-2,4-5,8-9,14,20H,3,6-7,10-13,15-17H2. The maximum absolute atomic E-state index is 12.7. The maximum Gasteiger partial charge on any atom is 0.226 e. The predicted octanol–water partition coefficient (Wildman–Crippen LogP) is 3.77. The van der Waals surface area contributed by atoms with Crippen LogP contribution in [0.25, 0.3) is 0 Å². The van der Waals surface area contributed by atoms with E-state index in [0.717, 1.165) is 50.2 Å². The molecule has 1 saturated carbocycles. The van der Waals surface area contributed by atoms with Gasteiger partial charge < -0.3 is 9.64 Å². The summed E-state index contributed by atoms with van der Waals surface area (Å²) in [6.07, 6.45) is 4.42. The third-order valence-corrected chi connectivity index (χ3v) is 6.49.